The van der Waals surface area contributed by atoms with Crippen LogP contribution in [-0.4, -0.2) is 16.3 Å². The quantitative estimate of drug-likeness (QED) is 0.662. The minimum absolute atomic E-state index is 0.0131. The summed E-state index contributed by atoms with van der Waals surface area (Å²) >= 11 is 0. The first-order valence-electron chi connectivity index (χ1n) is 9.89. The Balaban J connectivity index is 1.95. The summed E-state index contributed by atoms with van der Waals surface area (Å²) in [7, 11) is 0. The molecule has 0 bridgehead atoms. The molecule has 0 amide bonds. The van der Waals surface area contributed by atoms with Gasteiger partial charge in [-0.1, -0.05) is 30.3 Å². The number of nitrogens with one attached hydrogen (secondary N) is 1. The van der Waals surface area contributed by atoms with E-state index in [9.17, 15) is 5.26 Å². The second-order valence-corrected chi connectivity index (χ2v) is 7.75. The Bertz CT molecular complexity index is 1180. The molecule has 1 aliphatic heterocycles. The third-order valence-corrected chi connectivity index (χ3v) is 5.33. The van der Waals surface area contributed by atoms with Gasteiger partial charge < -0.3 is 15.2 Å². The highest BCUT2D eigenvalue weighted by Crippen LogP contribution is 2.48. The normalized spacial score (nSPS) is 15.5. The Morgan fingerprint density at radius 2 is 1.93 bits per heavy atom. The first kappa shape index (κ1) is 19.6. The number of aromatic nitrogens is 2. The number of nitriles is 1. The summed E-state index contributed by atoms with van der Waals surface area (Å²) < 4.78 is 11.8. The van der Waals surface area contributed by atoms with Crippen LogP contribution in [0.15, 0.2) is 53.9 Å². The molecule has 4 rings (SSSR count). The molecule has 0 spiro atoms. The smallest absolute Gasteiger partial charge is 0.244 e. The van der Waals surface area contributed by atoms with Crippen LogP contribution in [0, 0.1) is 25.2 Å². The van der Waals surface area contributed by atoms with Crippen molar-refractivity contribution in [1.29, 1.82) is 5.26 Å². The molecule has 30 heavy (non-hydrogen) atoms. The van der Waals surface area contributed by atoms with Crippen molar-refractivity contribution in [2.24, 2.45) is 5.73 Å². The zero-order valence-electron chi connectivity index (χ0n) is 17.5. The number of H-pyrrole nitrogens is 1. The van der Waals surface area contributed by atoms with E-state index in [0.717, 1.165) is 22.4 Å². The molecule has 2 heterocycles. The summed E-state index contributed by atoms with van der Waals surface area (Å²) in [6, 6.07) is 16.2. The number of ether oxygens (including phenoxy) is 2. The van der Waals surface area contributed by atoms with E-state index in [0.29, 0.717) is 17.2 Å². The van der Waals surface area contributed by atoms with Crippen LogP contribution in [0.4, 0.5) is 0 Å². The average Bonchev–Trinajstić information content (AvgIpc) is 3.12. The van der Waals surface area contributed by atoms with E-state index in [1.54, 1.807) is 0 Å². The molecule has 3 N–H and O–H groups in total. The number of para-hydroxylation sites is 1. The zero-order valence-corrected chi connectivity index (χ0v) is 17.5. The van der Waals surface area contributed by atoms with E-state index in [1.807, 2.05) is 44.2 Å². The predicted octanol–water partition coefficient (Wildman–Crippen LogP) is 4.70. The van der Waals surface area contributed by atoms with Crippen LogP contribution in [0.1, 0.15) is 42.0 Å². The van der Waals surface area contributed by atoms with Crippen molar-refractivity contribution >= 4 is 0 Å². The number of hydrogen-bond donors (Lipinski definition) is 2. The molecule has 0 aliphatic carbocycles. The number of aromatic amines is 1. The maximum Gasteiger partial charge on any atom is 0.244 e. The number of hydrogen-bond acceptors (Lipinski definition) is 5. The highest BCUT2D eigenvalue weighted by molar-refractivity contribution is 5.72. The van der Waals surface area contributed by atoms with Crippen molar-refractivity contribution in [2.45, 2.75) is 39.7 Å². The molecule has 2 aromatic carbocycles. The molecule has 6 nitrogen and oxygen atoms in total. The van der Waals surface area contributed by atoms with Crippen molar-refractivity contribution in [3.05, 3.63) is 76.2 Å². The summed E-state index contributed by atoms with van der Waals surface area (Å²) in [5.74, 6) is 0.693. The fraction of sp³-hybridized carbons (Fsp3) is 0.250. The van der Waals surface area contributed by atoms with Gasteiger partial charge in [0.2, 0.25) is 11.8 Å². The molecular formula is C24H24N4O2. The van der Waals surface area contributed by atoms with E-state index in [1.165, 1.54) is 11.1 Å². The number of fused-ring (bicyclic) bond motifs is 1. The summed E-state index contributed by atoms with van der Waals surface area (Å²) in [6.07, 6.45) is -0.0131. The lowest BCUT2D eigenvalue weighted by molar-refractivity contribution is 0.239. The van der Waals surface area contributed by atoms with Crippen LogP contribution in [0.5, 0.6) is 11.6 Å². The Hall–Kier alpha value is -3.72. The van der Waals surface area contributed by atoms with Crippen molar-refractivity contribution in [3.63, 3.8) is 0 Å². The maximum atomic E-state index is 9.93. The minimum Gasteiger partial charge on any atom is -0.491 e. The molecule has 6 heteroatoms. The summed E-state index contributed by atoms with van der Waals surface area (Å²) in [5, 5.41) is 17.4. The van der Waals surface area contributed by atoms with Gasteiger partial charge in [-0.3, -0.25) is 5.10 Å². The molecule has 3 aromatic rings. The van der Waals surface area contributed by atoms with Crippen LogP contribution < -0.4 is 15.2 Å². The average molecular weight is 400 g/mol. The van der Waals surface area contributed by atoms with Gasteiger partial charge in [-0.15, -0.1) is 5.10 Å². The van der Waals surface area contributed by atoms with Crippen LogP contribution in [-0.2, 0) is 0 Å². The van der Waals surface area contributed by atoms with Gasteiger partial charge in [0.15, 0.2) is 0 Å². The molecule has 1 atom stereocenters. The van der Waals surface area contributed by atoms with Gasteiger partial charge in [0, 0.05) is 11.1 Å². The van der Waals surface area contributed by atoms with Gasteiger partial charge in [-0.25, -0.2) is 0 Å². The van der Waals surface area contributed by atoms with Gasteiger partial charge in [-0.05, 0) is 51.0 Å². The molecule has 1 unspecified atom stereocenters. The first-order valence-corrected chi connectivity index (χ1v) is 9.89. The lowest BCUT2D eigenvalue weighted by Crippen LogP contribution is -2.21. The minimum atomic E-state index is -0.455. The van der Waals surface area contributed by atoms with Crippen LogP contribution >= 0.6 is 0 Å². The third kappa shape index (κ3) is 3.29. The molecule has 0 saturated heterocycles. The Kier molecular flexibility index (Phi) is 4.96. The second kappa shape index (κ2) is 7.60. The van der Waals surface area contributed by atoms with E-state index >= 15 is 0 Å². The fourth-order valence-electron chi connectivity index (χ4n) is 3.75. The van der Waals surface area contributed by atoms with Gasteiger partial charge >= 0.3 is 0 Å². The van der Waals surface area contributed by atoms with Crippen molar-refractivity contribution in [3.8, 4) is 29.0 Å². The standard InChI is InChI=1S/C24H24N4O2/c1-13(2)29-19-8-6-5-7-17(19)20-18(12-25)23(26)30-24-21(20)22(27-28-24)16-10-9-14(3)15(4)11-16/h5-11,13,20H,26H2,1-4H3,(H,27,28). The number of rotatable bonds is 4. The molecule has 0 fully saturated rings. The molecular weight excluding hydrogens is 376 g/mol. The molecule has 0 radical (unpaired) electrons. The number of allylic oxidation sites excluding steroid dienone is 1. The van der Waals surface area contributed by atoms with Gasteiger partial charge in [0.1, 0.15) is 17.4 Å². The summed E-state index contributed by atoms with van der Waals surface area (Å²) in [4.78, 5) is 0. The van der Waals surface area contributed by atoms with Crippen LogP contribution in [0.25, 0.3) is 11.3 Å². The number of nitrogens with two attached hydrogens (primary N) is 1. The first-order chi connectivity index (χ1) is 14.4. The lowest BCUT2D eigenvalue weighted by atomic mass is 9.82. The zero-order chi connectivity index (χ0) is 21.4. The van der Waals surface area contributed by atoms with E-state index < -0.39 is 5.92 Å². The lowest BCUT2D eigenvalue weighted by Gasteiger charge is -2.26. The van der Waals surface area contributed by atoms with Crippen molar-refractivity contribution in [1.82, 2.24) is 10.2 Å². The van der Waals surface area contributed by atoms with Crippen molar-refractivity contribution < 1.29 is 9.47 Å². The highest BCUT2D eigenvalue weighted by atomic mass is 16.5. The number of benzene rings is 2. The SMILES string of the molecule is Cc1ccc(-c2[nH]nc3c2C(c2ccccc2OC(C)C)C(C#N)=C(N)O3)cc1C. The largest absolute Gasteiger partial charge is 0.491 e. The molecule has 1 aromatic heterocycles. The van der Waals surface area contributed by atoms with Crippen molar-refractivity contribution in [2.75, 3.05) is 0 Å². The van der Waals surface area contributed by atoms with Crippen LogP contribution in [0.2, 0.25) is 0 Å². The third-order valence-electron chi connectivity index (χ3n) is 5.33. The molecule has 152 valence electrons. The monoisotopic (exact) mass is 400 g/mol. The van der Waals surface area contributed by atoms with Gasteiger partial charge in [0.25, 0.3) is 0 Å². The van der Waals surface area contributed by atoms with E-state index in [4.69, 9.17) is 15.2 Å². The maximum absolute atomic E-state index is 9.93. The van der Waals surface area contributed by atoms with Gasteiger partial charge in [0.05, 0.1) is 23.3 Å². The topological polar surface area (TPSA) is 97.0 Å². The number of aryl methyl sites for hydroxylation is 2. The van der Waals surface area contributed by atoms with Crippen LogP contribution in [0.3, 0.4) is 0 Å². The fourth-order valence-corrected chi connectivity index (χ4v) is 3.75. The Morgan fingerprint density at radius 3 is 2.63 bits per heavy atom. The summed E-state index contributed by atoms with van der Waals surface area (Å²) in [6.45, 7) is 8.09. The highest BCUT2D eigenvalue weighted by Gasteiger charge is 2.37. The predicted molar refractivity (Wildman–Crippen MR) is 115 cm³/mol. The van der Waals surface area contributed by atoms with Gasteiger partial charge in [-0.2, -0.15) is 5.26 Å². The summed E-state index contributed by atoms with van der Waals surface area (Å²) in [5.41, 5.74) is 12.2. The Morgan fingerprint density at radius 1 is 1.17 bits per heavy atom. The number of nitrogens with zero attached hydrogens (tertiary/aromatic N) is 2. The molecule has 0 saturated carbocycles. The molecule has 1 aliphatic rings. The second-order valence-electron chi connectivity index (χ2n) is 7.75. The Labute approximate surface area is 175 Å². The van der Waals surface area contributed by atoms with E-state index in [2.05, 4.69) is 42.2 Å². The van der Waals surface area contributed by atoms with E-state index in [-0.39, 0.29) is 12.0 Å².